The van der Waals surface area contributed by atoms with Crippen LogP contribution in [0.5, 0.6) is 0 Å². The average Bonchev–Trinajstić information content (AvgIpc) is 2.90. The van der Waals surface area contributed by atoms with Crippen molar-refractivity contribution >= 4 is 38.8 Å². The van der Waals surface area contributed by atoms with Gasteiger partial charge in [0.25, 0.3) is 10.0 Å². The molecule has 8 heteroatoms. The summed E-state index contributed by atoms with van der Waals surface area (Å²) in [5.41, 5.74) is 2.08. The number of sulfonamides is 1. The number of anilines is 2. The van der Waals surface area contributed by atoms with Crippen molar-refractivity contribution < 1.29 is 17.6 Å². The minimum Gasteiger partial charge on any atom is -0.357 e. The number of benzene rings is 2. The summed E-state index contributed by atoms with van der Waals surface area (Å²) in [5, 5.41) is 3.46. The van der Waals surface area contributed by atoms with Crippen LogP contribution in [0, 0.1) is 5.82 Å². The Morgan fingerprint density at radius 1 is 1.12 bits per heavy atom. The Morgan fingerprint density at radius 3 is 2.50 bits per heavy atom. The Balaban J connectivity index is 1.88. The van der Waals surface area contributed by atoms with E-state index in [1.165, 1.54) is 36.4 Å². The Labute approximate surface area is 155 Å². The van der Waals surface area contributed by atoms with Crippen molar-refractivity contribution in [2.75, 3.05) is 10.0 Å². The number of hydrogen-bond acceptors (Lipinski definition) is 4. The van der Waals surface area contributed by atoms with Crippen LogP contribution in [0.1, 0.15) is 19.8 Å². The van der Waals surface area contributed by atoms with E-state index in [2.05, 4.69) is 10.0 Å². The second kappa shape index (κ2) is 7.09. The molecule has 0 bridgehead atoms. The second-order valence-corrected chi connectivity index (χ2v) is 7.94. The van der Waals surface area contributed by atoms with Crippen molar-refractivity contribution in [3.05, 3.63) is 64.6 Å². The maximum absolute atomic E-state index is 13.8. The van der Waals surface area contributed by atoms with Gasteiger partial charge in [0, 0.05) is 17.7 Å². The van der Waals surface area contributed by atoms with E-state index in [4.69, 9.17) is 11.6 Å². The number of rotatable bonds is 5. The standard InChI is InChI=1S/C18H16ClFN2O3S/c1-11-15(8-9-17(11)23)21-16-10-12(6-7-13(16)19)22-26(24,25)18-5-3-2-4-14(18)20/h2-7,10,21-22H,8-9H2,1H3. The molecule has 0 heterocycles. The molecule has 1 aliphatic carbocycles. The highest BCUT2D eigenvalue weighted by Crippen LogP contribution is 2.31. The van der Waals surface area contributed by atoms with Gasteiger partial charge < -0.3 is 5.32 Å². The summed E-state index contributed by atoms with van der Waals surface area (Å²) >= 11 is 6.16. The number of Topliss-reactive ketones (excluding diaryl/α,β-unsaturated/α-hetero) is 1. The van der Waals surface area contributed by atoms with E-state index in [9.17, 15) is 17.6 Å². The lowest BCUT2D eigenvalue weighted by Gasteiger charge is -2.13. The Morgan fingerprint density at radius 2 is 1.85 bits per heavy atom. The zero-order valence-corrected chi connectivity index (χ0v) is 15.4. The maximum Gasteiger partial charge on any atom is 0.264 e. The number of halogens is 2. The van der Waals surface area contributed by atoms with E-state index in [1.54, 1.807) is 6.92 Å². The Kier molecular flexibility index (Phi) is 5.02. The molecule has 1 aliphatic rings. The first-order valence-corrected chi connectivity index (χ1v) is 9.71. The van der Waals surface area contributed by atoms with E-state index >= 15 is 0 Å². The fraction of sp³-hybridized carbons (Fsp3) is 0.167. The smallest absolute Gasteiger partial charge is 0.264 e. The van der Waals surface area contributed by atoms with Crippen molar-refractivity contribution in [3.8, 4) is 0 Å². The first-order valence-electron chi connectivity index (χ1n) is 7.85. The third kappa shape index (κ3) is 3.73. The van der Waals surface area contributed by atoms with Gasteiger partial charge in [0.05, 0.1) is 16.4 Å². The molecule has 26 heavy (non-hydrogen) atoms. The van der Waals surface area contributed by atoms with Gasteiger partial charge in [-0.15, -0.1) is 0 Å². The van der Waals surface area contributed by atoms with Gasteiger partial charge in [0.1, 0.15) is 10.7 Å². The molecule has 0 saturated carbocycles. The molecule has 0 amide bonds. The molecule has 5 nitrogen and oxygen atoms in total. The van der Waals surface area contributed by atoms with Crippen molar-refractivity contribution in [3.63, 3.8) is 0 Å². The van der Waals surface area contributed by atoms with Crippen molar-refractivity contribution in [2.45, 2.75) is 24.7 Å². The van der Waals surface area contributed by atoms with E-state index in [0.717, 1.165) is 11.8 Å². The lowest BCUT2D eigenvalue weighted by atomic mass is 10.2. The van der Waals surface area contributed by atoms with Gasteiger partial charge in [0.15, 0.2) is 5.78 Å². The van der Waals surface area contributed by atoms with Crippen LogP contribution in [0.25, 0.3) is 0 Å². The zero-order valence-electron chi connectivity index (χ0n) is 13.8. The first kappa shape index (κ1) is 18.4. The molecule has 2 N–H and O–H groups in total. The monoisotopic (exact) mass is 394 g/mol. The number of hydrogen-bond donors (Lipinski definition) is 2. The summed E-state index contributed by atoms with van der Waals surface area (Å²) in [7, 11) is -4.08. The van der Waals surface area contributed by atoms with E-state index in [-0.39, 0.29) is 11.5 Å². The van der Waals surface area contributed by atoms with Crippen LogP contribution >= 0.6 is 11.6 Å². The van der Waals surface area contributed by atoms with Crippen molar-refractivity contribution in [1.29, 1.82) is 0 Å². The molecular weight excluding hydrogens is 379 g/mol. The summed E-state index contributed by atoms with van der Waals surface area (Å²) in [6.07, 6.45) is 1.01. The molecular formula is C18H16ClFN2O3S. The normalized spacial score (nSPS) is 14.7. The molecule has 136 valence electrons. The predicted molar refractivity (Wildman–Crippen MR) is 99.2 cm³/mol. The molecule has 0 fully saturated rings. The molecule has 0 aromatic heterocycles. The van der Waals surface area contributed by atoms with E-state index in [1.807, 2.05) is 0 Å². The highest BCUT2D eigenvalue weighted by atomic mass is 35.5. The fourth-order valence-corrected chi connectivity index (χ4v) is 3.95. The SMILES string of the molecule is CC1=C(Nc2cc(NS(=O)(=O)c3ccccc3F)ccc2Cl)CCC1=O. The van der Waals surface area contributed by atoms with Crippen LogP contribution in [0.4, 0.5) is 15.8 Å². The number of carbonyl (C=O) groups is 1. The van der Waals surface area contributed by atoms with Gasteiger partial charge in [-0.1, -0.05) is 23.7 Å². The third-order valence-electron chi connectivity index (χ3n) is 4.10. The average molecular weight is 395 g/mol. The molecule has 0 radical (unpaired) electrons. The number of allylic oxidation sites excluding steroid dienone is 2. The summed E-state index contributed by atoms with van der Waals surface area (Å²) in [5.74, 6) is -0.766. The highest BCUT2D eigenvalue weighted by molar-refractivity contribution is 7.92. The quantitative estimate of drug-likeness (QED) is 0.791. The summed E-state index contributed by atoms with van der Waals surface area (Å²) in [4.78, 5) is 11.2. The van der Waals surface area contributed by atoms with Gasteiger partial charge in [-0.25, -0.2) is 12.8 Å². The first-order chi connectivity index (χ1) is 12.3. The van der Waals surface area contributed by atoms with Crippen LogP contribution in [0.3, 0.4) is 0 Å². The Hall–Kier alpha value is -2.38. The van der Waals surface area contributed by atoms with Gasteiger partial charge in [-0.2, -0.15) is 0 Å². The highest BCUT2D eigenvalue weighted by Gasteiger charge is 2.21. The summed E-state index contributed by atoms with van der Waals surface area (Å²) in [6, 6.07) is 9.63. The third-order valence-corrected chi connectivity index (χ3v) is 5.85. The van der Waals surface area contributed by atoms with Crippen LogP contribution in [-0.4, -0.2) is 14.2 Å². The fourth-order valence-electron chi connectivity index (χ4n) is 2.66. The predicted octanol–water partition coefficient (Wildman–Crippen LogP) is 4.33. The number of carbonyl (C=O) groups excluding carboxylic acids is 1. The van der Waals surface area contributed by atoms with Gasteiger partial charge in [-0.05, 0) is 43.7 Å². The van der Waals surface area contributed by atoms with Gasteiger partial charge in [-0.3, -0.25) is 9.52 Å². The molecule has 3 rings (SSSR count). The molecule has 2 aromatic rings. The lowest BCUT2D eigenvalue weighted by molar-refractivity contribution is -0.114. The number of nitrogens with one attached hydrogen (secondary N) is 2. The van der Waals surface area contributed by atoms with Crippen molar-refractivity contribution in [1.82, 2.24) is 0 Å². The van der Waals surface area contributed by atoms with Crippen molar-refractivity contribution in [2.24, 2.45) is 0 Å². The largest absolute Gasteiger partial charge is 0.357 e. The second-order valence-electron chi connectivity index (χ2n) is 5.88. The molecule has 0 aliphatic heterocycles. The van der Waals surface area contributed by atoms with Crippen LogP contribution in [0.15, 0.2) is 58.6 Å². The molecule has 0 unspecified atom stereocenters. The van der Waals surface area contributed by atoms with E-state index in [0.29, 0.717) is 29.1 Å². The molecule has 0 atom stereocenters. The molecule has 2 aromatic carbocycles. The minimum atomic E-state index is -4.08. The number of ketones is 1. The van der Waals surface area contributed by atoms with Crippen LogP contribution in [0.2, 0.25) is 5.02 Å². The van der Waals surface area contributed by atoms with Crippen LogP contribution < -0.4 is 10.0 Å². The minimum absolute atomic E-state index is 0.0695. The molecule has 0 saturated heterocycles. The van der Waals surface area contributed by atoms with E-state index < -0.39 is 20.7 Å². The maximum atomic E-state index is 13.8. The van der Waals surface area contributed by atoms with Crippen LogP contribution in [-0.2, 0) is 14.8 Å². The summed E-state index contributed by atoms with van der Waals surface area (Å²) in [6.45, 7) is 1.73. The molecule has 0 spiro atoms. The lowest BCUT2D eigenvalue weighted by Crippen LogP contribution is -2.14. The zero-order chi connectivity index (χ0) is 18.9. The Bertz CT molecular complexity index is 1020. The van der Waals surface area contributed by atoms with Gasteiger partial charge >= 0.3 is 0 Å². The van der Waals surface area contributed by atoms with Gasteiger partial charge in [0.2, 0.25) is 0 Å². The summed E-state index contributed by atoms with van der Waals surface area (Å²) < 4.78 is 40.9. The topological polar surface area (TPSA) is 75.3 Å².